The van der Waals surface area contributed by atoms with E-state index < -0.39 is 0 Å². The number of carbonyl (C=O) groups excluding carboxylic acids is 1. The topological polar surface area (TPSA) is 29.5 Å². The van der Waals surface area contributed by atoms with Crippen molar-refractivity contribution in [2.45, 2.75) is 38.1 Å². The first-order chi connectivity index (χ1) is 10.2. The van der Waals surface area contributed by atoms with Gasteiger partial charge in [0.2, 0.25) is 5.91 Å². The molecule has 0 bridgehead atoms. The van der Waals surface area contributed by atoms with Crippen LogP contribution >= 0.6 is 0 Å². The summed E-state index contributed by atoms with van der Waals surface area (Å²) < 4.78 is 5.41. The second kappa shape index (κ2) is 4.36. The first-order valence-electron chi connectivity index (χ1n) is 7.80. The van der Waals surface area contributed by atoms with Gasteiger partial charge in [0.25, 0.3) is 0 Å². The zero-order valence-electron chi connectivity index (χ0n) is 12.7. The van der Waals surface area contributed by atoms with Gasteiger partial charge >= 0.3 is 0 Å². The summed E-state index contributed by atoms with van der Waals surface area (Å²) in [5, 5.41) is 0. The zero-order valence-corrected chi connectivity index (χ0v) is 12.7. The number of hydrogen-bond donors (Lipinski definition) is 0. The fourth-order valence-corrected chi connectivity index (χ4v) is 4.72. The SMILES string of the molecule is COc1ccc2c(c1)[C@@H]1N(C)C(=O)CC[C@@]13CCCC3=C2. The lowest BCUT2D eigenvalue weighted by Crippen LogP contribution is -2.48. The van der Waals surface area contributed by atoms with Crippen LogP contribution in [0.5, 0.6) is 5.75 Å². The van der Waals surface area contributed by atoms with Gasteiger partial charge < -0.3 is 9.64 Å². The van der Waals surface area contributed by atoms with Crippen molar-refractivity contribution in [2.24, 2.45) is 5.41 Å². The Hall–Kier alpha value is -1.77. The second-order valence-electron chi connectivity index (χ2n) is 6.58. The Kier molecular flexibility index (Phi) is 2.69. The molecule has 1 amide bonds. The van der Waals surface area contributed by atoms with Gasteiger partial charge in [0, 0.05) is 18.9 Å². The summed E-state index contributed by atoms with van der Waals surface area (Å²) in [6, 6.07) is 6.47. The molecular weight excluding hydrogens is 262 g/mol. The van der Waals surface area contributed by atoms with Crippen molar-refractivity contribution in [2.75, 3.05) is 14.2 Å². The number of amides is 1. The highest BCUT2D eigenvalue weighted by molar-refractivity contribution is 5.80. The van der Waals surface area contributed by atoms with E-state index >= 15 is 0 Å². The molecule has 110 valence electrons. The fraction of sp³-hybridized carbons (Fsp3) is 0.500. The summed E-state index contributed by atoms with van der Waals surface area (Å²) in [6.45, 7) is 0. The molecule has 1 heterocycles. The maximum absolute atomic E-state index is 12.3. The third-order valence-electron chi connectivity index (χ3n) is 5.72. The minimum atomic E-state index is 0.183. The predicted octanol–water partition coefficient (Wildman–Crippen LogP) is 3.56. The van der Waals surface area contributed by atoms with E-state index in [2.05, 4.69) is 18.2 Å². The maximum Gasteiger partial charge on any atom is 0.222 e. The molecule has 1 saturated carbocycles. The summed E-state index contributed by atoms with van der Waals surface area (Å²) >= 11 is 0. The summed E-state index contributed by atoms with van der Waals surface area (Å²) in [4.78, 5) is 14.3. The average molecular weight is 283 g/mol. The van der Waals surface area contributed by atoms with Gasteiger partial charge in [-0.25, -0.2) is 0 Å². The average Bonchev–Trinajstić information content (AvgIpc) is 2.90. The lowest BCUT2D eigenvalue weighted by atomic mass is 9.63. The van der Waals surface area contributed by atoms with Crippen LogP contribution in [0.25, 0.3) is 6.08 Å². The molecule has 0 aromatic heterocycles. The van der Waals surface area contributed by atoms with Gasteiger partial charge in [0.15, 0.2) is 0 Å². The third-order valence-corrected chi connectivity index (χ3v) is 5.72. The van der Waals surface area contributed by atoms with Crippen LogP contribution in [0.4, 0.5) is 0 Å². The van der Waals surface area contributed by atoms with Gasteiger partial charge in [0.05, 0.1) is 13.2 Å². The van der Waals surface area contributed by atoms with Crippen molar-refractivity contribution < 1.29 is 9.53 Å². The van der Waals surface area contributed by atoms with E-state index in [1.165, 1.54) is 30.4 Å². The number of fused-ring (bicyclic) bond motifs is 2. The van der Waals surface area contributed by atoms with Crippen LogP contribution in [0.3, 0.4) is 0 Å². The molecule has 2 fully saturated rings. The van der Waals surface area contributed by atoms with Crippen molar-refractivity contribution in [3.63, 3.8) is 0 Å². The summed E-state index contributed by atoms with van der Waals surface area (Å²) in [5.41, 5.74) is 4.26. The minimum Gasteiger partial charge on any atom is -0.497 e. The Morgan fingerprint density at radius 2 is 2.14 bits per heavy atom. The second-order valence-corrected chi connectivity index (χ2v) is 6.58. The Bertz CT molecular complexity index is 649. The zero-order chi connectivity index (χ0) is 14.6. The quantitative estimate of drug-likeness (QED) is 0.788. The van der Waals surface area contributed by atoms with Crippen LogP contribution in [0, 0.1) is 5.41 Å². The van der Waals surface area contributed by atoms with E-state index in [0.29, 0.717) is 6.42 Å². The number of nitrogens with zero attached hydrogens (tertiary/aromatic N) is 1. The van der Waals surface area contributed by atoms with E-state index in [0.717, 1.165) is 12.2 Å². The molecule has 1 aliphatic heterocycles. The standard InChI is InChI=1S/C18H21NO2/c1-19-16(20)7-9-18-8-3-4-13(18)10-12-5-6-14(21-2)11-15(12)17(18)19/h5-6,10-11,17H,3-4,7-9H2,1-2H3/t17-,18+/m0/s1. The molecule has 1 aromatic carbocycles. The fourth-order valence-electron chi connectivity index (χ4n) is 4.72. The molecule has 4 rings (SSSR count). The van der Waals surface area contributed by atoms with Gasteiger partial charge in [0.1, 0.15) is 5.75 Å². The summed E-state index contributed by atoms with van der Waals surface area (Å²) in [7, 11) is 3.67. The normalized spacial score (nSPS) is 30.4. The Labute approximate surface area is 125 Å². The van der Waals surface area contributed by atoms with Crippen LogP contribution in [-0.2, 0) is 4.79 Å². The summed E-state index contributed by atoms with van der Waals surface area (Å²) in [6.07, 6.45) is 7.70. The van der Waals surface area contributed by atoms with E-state index in [1.54, 1.807) is 12.7 Å². The van der Waals surface area contributed by atoms with Crippen molar-refractivity contribution >= 4 is 12.0 Å². The Morgan fingerprint density at radius 1 is 1.29 bits per heavy atom. The largest absolute Gasteiger partial charge is 0.497 e. The van der Waals surface area contributed by atoms with Crippen molar-refractivity contribution in [3.8, 4) is 5.75 Å². The Balaban J connectivity index is 1.94. The highest BCUT2D eigenvalue weighted by Gasteiger charge is 2.53. The molecule has 0 N–H and O–H groups in total. The third kappa shape index (κ3) is 1.63. The molecule has 1 saturated heterocycles. The molecule has 3 heteroatoms. The number of likely N-dealkylation sites (tertiary alicyclic amines) is 1. The molecule has 2 aliphatic carbocycles. The van der Waals surface area contributed by atoms with Gasteiger partial charge in [-0.1, -0.05) is 17.7 Å². The monoisotopic (exact) mass is 283 g/mol. The first-order valence-corrected chi connectivity index (χ1v) is 7.80. The van der Waals surface area contributed by atoms with E-state index in [4.69, 9.17) is 4.74 Å². The molecule has 3 aliphatic rings. The molecular formula is C18H21NO2. The molecule has 0 unspecified atom stereocenters. The predicted molar refractivity (Wildman–Crippen MR) is 82.0 cm³/mol. The van der Waals surface area contributed by atoms with Crippen LogP contribution < -0.4 is 4.74 Å². The van der Waals surface area contributed by atoms with Crippen LogP contribution in [0.15, 0.2) is 23.8 Å². The lowest BCUT2D eigenvalue weighted by molar-refractivity contribution is -0.139. The first kappa shape index (κ1) is 12.9. The molecule has 21 heavy (non-hydrogen) atoms. The maximum atomic E-state index is 12.3. The summed E-state index contributed by atoms with van der Waals surface area (Å²) in [5.74, 6) is 1.15. The molecule has 0 radical (unpaired) electrons. The number of rotatable bonds is 1. The van der Waals surface area contributed by atoms with Gasteiger partial charge in [-0.05, 0) is 48.9 Å². The lowest BCUT2D eigenvalue weighted by Gasteiger charge is -2.50. The smallest absolute Gasteiger partial charge is 0.222 e. The van der Waals surface area contributed by atoms with Crippen LogP contribution in [-0.4, -0.2) is 25.0 Å². The van der Waals surface area contributed by atoms with Gasteiger partial charge in [-0.3, -0.25) is 4.79 Å². The molecule has 3 nitrogen and oxygen atoms in total. The van der Waals surface area contributed by atoms with Crippen molar-refractivity contribution in [3.05, 3.63) is 34.9 Å². The van der Waals surface area contributed by atoms with E-state index in [1.807, 2.05) is 18.0 Å². The molecule has 1 spiro atoms. The minimum absolute atomic E-state index is 0.183. The van der Waals surface area contributed by atoms with Crippen LogP contribution in [0.2, 0.25) is 0 Å². The number of ether oxygens (including phenoxy) is 1. The number of piperidine rings is 1. The van der Waals surface area contributed by atoms with E-state index in [9.17, 15) is 4.79 Å². The van der Waals surface area contributed by atoms with Crippen LogP contribution in [0.1, 0.15) is 49.3 Å². The van der Waals surface area contributed by atoms with E-state index in [-0.39, 0.29) is 17.4 Å². The van der Waals surface area contributed by atoms with Crippen molar-refractivity contribution in [1.29, 1.82) is 0 Å². The highest BCUT2D eigenvalue weighted by atomic mass is 16.5. The number of benzene rings is 1. The van der Waals surface area contributed by atoms with Crippen molar-refractivity contribution in [1.82, 2.24) is 4.90 Å². The van der Waals surface area contributed by atoms with Gasteiger partial charge in [-0.15, -0.1) is 0 Å². The highest BCUT2D eigenvalue weighted by Crippen LogP contribution is 2.61. The van der Waals surface area contributed by atoms with Gasteiger partial charge in [-0.2, -0.15) is 0 Å². The number of carbonyl (C=O) groups is 1. The number of hydrogen-bond acceptors (Lipinski definition) is 2. The Morgan fingerprint density at radius 3 is 2.95 bits per heavy atom. The number of methoxy groups -OCH3 is 1. The molecule has 1 aromatic rings. The molecule has 2 atom stereocenters.